The number of likely N-dealkylation sites (tertiary alicyclic amines) is 1. The van der Waals surface area contributed by atoms with E-state index in [9.17, 15) is 102 Å². The van der Waals surface area contributed by atoms with Crippen LogP contribution >= 0.6 is 12.6 Å². The molecule has 0 spiro atoms. The number of benzene rings is 1. The summed E-state index contributed by atoms with van der Waals surface area (Å²) in [6, 6.07) is -15.7. The maximum absolute atomic E-state index is 14.8. The van der Waals surface area contributed by atoms with Crippen molar-refractivity contribution < 1.29 is 107 Å². The minimum Gasteiger partial charge on any atom is -0.508 e. The second-order valence-corrected chi connectivity index (χ2v) is 32.5. The summed E-state index contributed by atoms with van der Waals surface area (Å²) in [5, 5.41) is 77.5. The number of aliphatic carboxylic acids is 1. The molecular weight excluding hydrogens is 1680 g/mol. The molecule has 710 valence electrons. The molecule has 0 unspecified atom stereocenters. The molecule has 0 saturated carbocycles. The van der Waals surface area contributed by atoms with Gasteiger partial charge in [0.05, 0.1) is 38.5 Å². The molecule has 47 nitrogen and oxygen atoms in total. The van der Waals surface area contributed by atoms with E-state index in [0.717, 1.165) is 6.92 Å². The van der Waals surface area contributed by atoms with Gasteiger partial charge in [0.25, 0.3) is 0 Å². The molecule has 1 saturated heterocycles. The Hall–Kier alpha value is -11.9. The number of aromatic nitrogens is 2. The van der Waals surface area contributed by atoms with Gasteiger partial charge in [-0.3, -0.25) is 91.3 Å². The molecule has 17 amide bonds. The summed E-state index contributed by atoms with van der Waals surface area (Å²) in [6.45, 7) is 11.1. The standard InChI is InChI=1S/C79H131N25O22S/c1-39(2)28-50(91-58(109)32-82)68(116)99-55(37-127)72(120)97-53(30-45-33-86-38-90-45)78(126)104-27-15-19-56(104)73(121)93-49(18-14-26-87-79(84)85)67(115)101-62(41(5)6)75(123)95-48(17-11-13-25-81)66(114)100-61(40(3)4)74(122)88-34-59(110)92-52(31-57(83)108)69(117)98-54(36-105)71(119)96-51(29-44-20-22-46(107)23-21-44)70(118)102-63(42(7)8)76(124)103-64(43(9)106)77(125)94-47(16-10-12-24-80)65(113)89-35-60(111)112/h20-23,33,38-43,47-56,61-64,105-107,127H,10-19,24-32,34-37,80-82H2,1-9H3,(H2,83,108)(H,86,90)(H,88,122)(H,89,113)(H,91,109)(H,92,110)(H,93,121)(H,94,125)(H,95,123)(H,96,119)(H,97,120)(H,98,117)(H,99,116)(H,100,114)(H,101,115)(H,102,118)(H,103,124)(H,111,112)(H4,84,85,87)/t43-,47+,48+,49+,50+,51+,52+,53+,54+,55+,56+,61+,62+,63+,64+/m1/s1. The Kier molecular flexibility index (Phi) is 48.4. The van der Waals surface area contributed by atoms with Gasteiger partial charge >= 0.3 is 5.97 Å². The maximum Gasteiger partial charge on any atom is 0.322 e. The first-order chi connectivity index (χ1) is 59.9. The number of H-pyrrole nitrogens is 1. The van der Waals surface area contributed by atoms with Crippen molar-refractivity contribution in [2.45, 2.75) is 243 Å². The predicted octanol–water partition coefficient (Wildman–Crippen LogP) is -9.03. The summed E-state index contributed by atoms with van der Waals surface area (Å²) in [4.78, 5) is 260. The molecule has 127 heavy (non-hydrogen) atoms. The number of carboxylic acid groups (broad SMARTS) is 1. The van der Waals surface area contributed by atoms with Crippen molar-refractivity contribution in [3.8, 4) is 5.75 Å². The van der Waals surface area contributed by atoms with E-state index >= 15 is 0 Å². The zero-order chi connectivity index (χ0) is 95.5. The number of phenols is 1. The normalized spacial score (nSPS) is 15.7. The monoisotopic (exact) mass is 1810 g/mol. The number of carboxylic acids is 1. The van der Waals surface area contributed by atoms with Crippen molar-refractivity contribution in [2.24, 2.45) is 63.1 Å². The summed E-state index contributed by atoms with van der Waals surface area (Å²) >= 11 is 4.30. The molecule has 1 aliphatic rings. The molecule has 32 N–H and O–H groups in total. The van der Waals surface area contributed by atoms with Crippen LogP contribution in [-0.4, -0.2) is 297 Å². The van der Waals surface area contributed by atoms with E-state index in [1.807, 2.05) is 13.8 Å². The third kappa shape index (κ3) is 38.9. The average molecular weight is 1820 g/mol. The van der Waals surface area contributed by atoms with Crippen LogP contribution in [0.5, 0.6) is 5.75 Å². The number of imidazole rings is 1. The molecule has 1 aromatic heterocycles. The molecule has 2 aromatic rings. The van der Waals surface area contributed by atoms with Gasteiger partial charge in [0.15, 0.2) is 5.96 Å². The highest BCUT2D eigenvalue weighted by atomic mass is 32.1. The van der Waals surface area contributed by atoms with Gasteiger partial charge in [-0.25, -0.2) is 4.98 Å². The molecule has 3 rings (SSSR count). The number of carbonyl (C=O) groups excluding carboxylic acids is 17. The molecular formula is C79H131N25O22S. The highest BCUT2D eigenvalue weighted by Gasteiger charge is 2.43. The van der Waals surface area contributed by atoms with Crippen LogP contribution in [0.1, 0.15) is 151 Å². The molecule has 0 aliphatic carbocycles. The third-order valence-corrected chi connectivity index (χ3v) is 20.4. The van der Waals surface area contributed by atoms with Crippen molar-refractivity contribution in [1.29, 1.82) is 0 Å². The first kappa shape index (κ1) is 109. The predicted molar refractivity (Wildman–Crippen MR) is 463 cm³/mol. The molecule has 15 atom stereocenters. The van der Waals surface area contributed by atoms with E-state index < -0.39 is 254 Å². The molecule has 48 heteroatoms. The summed E-state index contributed by atoms with van der Waals surface area (Å²) in [5.41, 5.74) is 34.3. The lowest BCUT2D eigenvalue weighted by Crippen LogP contribution is -2.62. The van der Waals surface area contributed by atoms with Gasteiger partial charge in [-0.15, -0.1) is 0 Å². The topological polar surface area (TPSA) is 769 Å². The molecule has 1 fully saturated rings. The number of aliphatic imine (C=N–C) groups is 1. The number of thiol groups is 1. The van der Waals surface area contributed by atoms with Gasteiger partial charge in [0.1, 0.15) is 96.9 Å². The zero-order valence-corrected chi connectivity index (χ0v) is 74.0. The smallest absolute Gasteiger partial charge is 0.322 e. The SMILES string of the molecule is CC(C)C[C@H](NC(=O)CN)C(=O)N[C@@H](CS)C(=O)N[C@@H](Cc1cnc[nH]1)C(=O)N1CCC[C@H]1C(=O)N[C@@H](CCCN=C(N)N)C(=O)N[C@H](C(=O)N[C@@H](CCCCN)C(=O)N[C@H](C(=O)NCC(=O)N[C@@H](CC(N)=O)C(=O)N[C@@H](CO)C(=O)N[C@@H](Cc1ccc(O)cc1)C(=O)N[C@H](C(=O)N[C@H](C(=O)N[C@@H](CCCCN)C(=O)NCC(=O)O)[C@@H](C)O)C(C)C)C(C)C)C(C)C. The van der Waals surface area contributed by atoms with Crippen LogP contribution in [0.4, 0.5) is 0 Å². The van der Waals surface area contributed by atoms with Gasteiger partial charge in [0.2, 0.25) is 100 Å². The Morgan fingerprint density at radius 1 is 0.512 bits per heavy atom. The molecule has 1 aromatic carbocycles. The number of nitrogens with one attached hydrogen (secondary N) is 16. The largest absolute Gasteiger partial charge is 0.508 e. The summed E-state index contributed by atoms with van der Waals surface area (Å²) in [7, 11) is 0. The number of aliphatic hydroxyl groups excluding tert-OH is 2. The van der Waals surface area contributed by atoms with Crippen molar-refractivity contribution in [2.75, 3.05) is 58.2 Å². The van der Waals surface area contributed by atoms with Crippen LogP contribution in [-0.2, 0) is 99.1 Å². The number of carbonyl (C=O) groups is 18. The number of unbranched alkanes of at least 4 members (excludes halogenated alkanes) is 2. The van der Waals surface area contributed by atoms with E-state index in [1.165, 1.54) is 69.4 Å². The fraction of sp³-hybridized carbons (Fsp3) is 0.646. The second-order valence-electron chi connectivity index (χ2n) is 32.1. The number of rotatable bonds is 58. The Bertz CT molecular complexity index is 4040. The van der Waals surface area contributed by atoms with Crippen LogP contribution in [0.2, 0.25) is 0 Å². The summed E-state index contributed by atoms with van der Waals surface area (Å²) in [6.07, 6.45) is 1.39. The number of primary amides is 1. The van der Waals surface area contributed by atoms with Crippen LogP contribution in [0.25, 0.3) is 0 Å². The molecule has 0 radical (unpaired) electrons. The van der Waals surface area contributed by atoms with E-state index in [2.05, 4.69) is 107 Å². The van der Waals surface area contributed by atoms with Crippen molar-refractivity contribution in [1.82, 2.24) is 94.6 Å². The van der Waals surface area contributed by atoms with Crippen LogP contribution in [0, 0.1) is 23.7 Å². The van der Waals surface area contributed by atoms with Gasteiger partial charge in [-0.1, -0.05) is 67.5 Å². The van der Waals surface area contributed by atoms with Crippen LogP contribution in [0.15, 0.2) is 41.8 Å². The van der Waals surface area contributed by atoms with Gasteiger partial charge < -0.3 is 144 Å². The van der Waals surface area contributed by atoms with E-state index in [0.29, 0.717) is 36.9 Å². The number of aromatic amines is 1. The van der Waals surface area contributed by atoms with E-state index in [-0.39, 0.29) is 101 Å². The number of amides is 17. The molecule has 0 bridgehead atoms. The van der Waals surface area contributed by atoms with Crippen molar-refractivity contribution >= 4 is 125 Å². The van der Waals surface area contributed by atoms with Gasteiger partial charge in [-0.05, 0) is 132 Å². The fourth-order valence-corrected chi connectivity index (χ4v) is 13.4. The Labute approximate surface area is 741 Å². The maximum atomic E-state index is 14.8. The number of aromatic hydroxyl groups is 1. The Morgan fingerprint density at radius 2 is 0.969 bits per heavy atom. The van der Waals surface area contributed by atoms with E-state index in [4.69, 9.17) is 39.5 Å². The Balaban J connectivity index is 1.85. The fourth-order valence-electron chi connectivity index (χ4n) is 13.2. The highest BCUT2D eigenvalue weighted by molar-refractivity contribution is 7.80. The number of guanidine groups is 1. The number of aliphatic hydroxyl groups is 2. The molecule has 1 aliphatic heterocycles. The number of hydrogen-bond acceptors (Lipinski definition) is 27. The van der Waals surface area contributed by atoms with Crippen LogP contribution < -0.4 is 114 Å². The lowest BCUT2D eigenvalue weighted by atomic mass is 9.99. The zero-order valence-electron chi connectivity index (χ0n) is 73.1. The summed E-state index contributed by atoms with van der Waals surface area (Å²) < 4.78 is 0. The first-order valence-electron chi connectivity index (χ1n) is 42.0. The minimum atomic E-state index is -1.98. The number of nitrogens with two attached hydrogens (primary N) is 6. The van der Waals surface area contributed by atoms with Crippen molar-refractivity contribution in [3.05, 3.63) is 48.0 Å². The molecule has 2 heterocycles. The van der Waals surface area contributed by atoms with Gasteiger partial charge in [0, 0.05) is 43.6 Å². The lowest BCUT2D eigenvalue weighted by molar-refractivity contribution is -0.142. The number of nitrogens with zero attached hydrogens (tertiary/aromatic N) is 3. The first-order valence-corrected chi connectivity index (χ1v) is 42.6. The number of hydrogen-bond donors (Lipinski definition) is 27. The summed E-state index contributed by atoms with van der Waals surface area (Å²) in [5.74, 6) is -20.7. The average Bonchev–Trinajstić information content (AvgIpc) is 1.74. The minimum absolute atomic E-state index is 0.0165. The van der Waals surface area contributed by atoms with Gasteiger partial charge in [-0.2, -0.15) is 12.6 Å². The van der Waals surface area contributed by atoms with Crippen LogP contribution in [0.3, 0.4) is 0 Å². The number of phenolic OH excluding ortho intramolecular Hbond substituents is 1. The Morgan fingerprint density at radius 3 is 1.47 bits per heavy atom. The lowest BCUT2D eigenvalue weighted by Gasteiger charge is -2.31. The quantitative estimate of drug-likeness (QED) is 0.0127. The second kappa shape index (κ2) is 56.2. The third-order valence-electron chi connectivity index (χ3n) is 20.1. The highest BCUT2D eigenvalue weighted by Crippen LogP contribution is 2.22. The van der Waals surface area contributed by atoms with E-state index in [1.54, 1.807) is 13.8 Å². The van der Waals surface area contributed by atoms with Crippen molar-refractivity contribution in [3.63, 3.8) is 0 Å².